The summed E-state index contributed by atoms with van der Waals surface area (Å²) >= 11 is 0. The van der Waals surface area contributed by atoms with Crippen LogP contribution in [0.15, 0.2) is 170 Å². The van der Waals surface area contributed by atoms with E-state index in [2.05, 4.69) is 0 Å². The molecule has 8 aromatic carbocycles. The van der Waals surface area contributed by atoms with E-state index in [4.69, 9.17) is 9.47 Å². The maximum atomic E-state index is 15.1. The van der Waals surface area contributed by atoms with E-state index in [9.17, 15) is 18.4 Å². The molecule has 0 aliphatic heterocycles. The van der Waals surface area contributed by atoms with Crippen LogP contribution in [-0.4, -0.2) is 23.9 Å². The first-order valence-corrected chi connectivity index (χ1v) is 18.5. The zero-order valence-corrected chi connectivity index (χ0v) is 31.3. The van der Waals surface area contributed by atoms with Crippen LogP contribution in [-0.2, 0) is 5.41 Å². The minimum atomic E-state index is -5.87. The molecular formula is C49H28F8O4. The molecule has 61 heavy (non-hydrogen) atoms. The average molecular weight is 833 g/mol. The van der Waals surface area contributed by atoms with Crippen LogP contribution >= 0.6 is 0 Å². The fourth-order valence-electron chi connectivity index (χ4n) is 7.41. The van der Waals surface area contributed by atoms with Crippen molar-refractivity contribution in [2.45, 2.75) is 17.8 Å². The van der Waals surface area contributed by atoms with Crippen molar-refractivity contribution in [1.29, 1.82) is 0 Å². The summed E-state index contributed by atoms with van der Waals surface area (Å²) in [4.78, 5) is 26.6. The van der Waals surface area contributed by atoms with Gasteiger partial charge in [-0.25, -0.2) is 8.78 Å². The second kappa shape index (κ2) is 15.7. The van der Waals surface area contributed by atoms with Crippen molar-refractivity contribution in [3.05, 3.63) is 215 Å². The summed E-state index contributed by atoms with van der Waals surface area (Å²) in [7, 11) is 0. The Morgan fingerprint density at radius 1 is 0.377 bits per heavy atom. The maximum Gasteiger partial charge on any atom is 0.411 e. The van der Waals surface area contributed by atoms with Gasteiger partial charge >= 0.3 is 12.4 Å². The molecule has 0 aliphatic rings. The summed E-state index contributed by atoms with van der Waals surface area (Å²) in [5.41, 5.74) is -5.72. The molecule has 8 rings (SSSR count). The quantitative estimate of drug-likeness (QED) is 0.102. The van der Waals surface area contributed by atoms with Gasteiger partial charge in [0.05, 0.1) is 0 Å². The molecule has 0 N–H and O–H groups in total. The lowest BCUT2D eigenvalue weighted by Gasteiger charge is -2.38. The normalized spacial score (nSPS) is 12.1. The molecular weight excluding hydrogens is 805 g/mol. The molecule has 8 aromatic rings. The molecule has 4 nitrogen and oxygen atoms in total. The van der Waals surface area contributed by atoms with E-state index >= 15 is 26.3 Å². The molecule has 0 bridgehead atoms. The number of alkyl halides is 6. The van der Waals surface area contributed by atoms with Gasteiger partial charge in [-0.2, -0.15) is 26.3 Å². The maximum absolute atomic E-state index is 15.1. The van der Waals surface area contributed by atoms with Crippen molar-refractivity contribution in [1.82, 2.24) is 0 Å². The molecule has 0 radical (unpaired) electrons. The number of benzene rings is 8. The number of hydrogen-bond acceptors (Lipinski definition) is 4. The smallest absolute Gasteiger partial charge is 0.411 e. The van der Waals surface area contributed by atoms with Gasteiger partial charge in [-0.3, -0.25) is 9.59 Å². The Morgan fingerprint density at radius 3 is 1.03 bits per heavy atom. The molecule has 12 heteroatoms. The van der Waals surface area contributed by atoms with Crippen molar-refractivity contribution in [2.24, 2.45) is 0 Å². The monoisotopic (exact) mass is 832 g/mol. The van der Waals surface area contributed by atoms with Gasteiger partial charge in [0.25, 0.3) is 0 Å². The molecule has 0 aromatic heterocycles. The highest BCUT2D eigenvalue weighted by Gasteiger charge is 2.72. The molecule has 0 saturated carbocycles. The Labute approximate surface area is 342 Å². The van der Waals surface area contributed by atoms with Crippen molar-refractivity contribution in [3.63, 3.8) is 0 Å². The first kappa shape index (κ1) is 40.4. The molecule has 304 valence electrons. The number of carbonyl (C=O) groups excluding carboxylic acids is 2. The molecule has 0 fully saturated rings. The summed E-state index contributed by atoms with van der Waals surface area (Å²) in [6, 6.07) is 35.9. The summed E-state index contributed by atoms with van der Waals surface area (Å²) < 4.78 is 130. The van der Waals surface area contributed by atoms with E-state index in [1.807, 2.05) is 0 Å². The lowest BCUT2D eigenvalue weighted by atomic mass is 9.73. The van der Waals surface area contributed by atoms with E-state index in [-0.39, 0.29) is 45.3 Å². The van der Waals surface area contributed by atoms with Crippen molar-refractivity contribution < 1.29 is 54.2 Å². The largest absolute Gasteiger partial charge is 0.457 e. The number of fused-ring (bicyclic) bond motifs is 2. The van der Waals surface area contributed by atoms with Gasteiger partial charge in [0.15, 0.2) is 11.6 Å². The lowest BCUT2D eigenvalue weighted by molar-refractivity contribution is -0.288. The van der Waals surface area contributed by atoms with Gasteiger partial charge < -0.3 is 9.47 Å². The predicted octanol–water partition coefficient (Wildman–Crippen LogP) is 13.7. The Kier molecular flexibility index (Phi) is 10.4. The minimum absolute atomic E-state index is 0.0777. The number of ketones is 2. The van der Waals surface area contributed by atoms with E-state index < -0.39 is 52.1 Å². The third kappa shape index (κ3) is 7.45. The SMILES string of the molecule is O=C(c1ccc(F)cc1)c1ccc(Oc2ccc(C(c3ccc(Oc4ccc(C(=O)c5ccc(F)cc5)c5ccccc45)cc3)(C(F)(F)F)C(F)(F)F)cc2)c2ccccc12. The number of halogens is 8. The van der Waals surface area contributed by atoms with Gasteiger partial charge in [-0.15, -0.1) is 0 Å². The van der Waals surface area contributed by atoms with Crippen LogP contribution in [0.4, 0.5) is 35.1 Å². The third-order valence-electron chi connectivity index (χ3n) is 10.4. The van der Waals surface area contributed by atoms with Crippen molar-refractivity contribution in [2.75, 3.05) is 0 Å². The number of hydrogen-bond donors (Lipinski definition) is 0. The standard InChI is InChI=1S/C49H28F8O4/c50-33-17-9-29(10-18-33)45(58)41-25-27-43(39-7-3-1-5-37(39)41)60-35-21-13-31(14-22-35)47(48(52,53)54,49(55,56)57)32-15-23-36(24-16-32)61-44-28-26-42(38-6-2-4-8-40(38)44)46(59)30-11-19-34(51)20-12-30/h1-28H. The summed E-state index contributed by atoms with van der Waals surface area (Å²) in [6.45, 7) is 0. The van der Waals surface area contributed by atoms with Crippen LogP contribution in [0.2, 0.25) is 0 Å². The van der Waals surface area contributed by atoms with Gasteiger partial charge in [0, 0.05) is 33.0 Å². The molecule has 0 saturated heterocycles. The van der Waals surface area contributed by atoms with Crippen molar-refractivity contribution >= 4 is 33.1 Å². The van der Waals surface area contributed by atoms with Crippen LogP contribution in [0.1, 0.15) is 43.0 Å². The summed E-state index contributed by atoms with van der Waals surface area (Å²) in [5.74, 6) is -1.64. The molecule has 0 unspecified atom stereocenters. The summed E-state index contributed by atoms with van der Waals surface area (Å²) in [5, 5.41) is 1.77. The summed E-state index contributed by atoms with van der Waals surface area (Å²) in [6.07, 6.45) is -11.7. The van der Waals surface area contributed by atoms with E-state index in [1.54, 1.807) is 48.5 Å². The first-order chi connectivity index (χ1) is 29.2. The molecule has 0 amide bonds. The Balaban J connectivity index is 1.09. The highest BCUT2D eigenvalue weighted by molar-refractivity contribution is 6.18. The minimum Gasteiger partial charge on any atom is -0.457 e. The second-order valence-electron chi connectivity index (χ2n) is 14.0. The third-order valence-corrected chi connectivity index (χ3v) is 10.4. The van der Waals surface area contributed by atoms with Gasteiger partial charge in [-0.1, -0.05) is 72.8 Å². The topological polar surface area (TPSA) is 52.6 Å². The van der Waals surface area contributed by atoms with Crippen LogP contribution in [0, 0.1) is 11.6 Å². The highest BCUT2D eigenvalue weighted by atomic mass is 19.4. The number of ether oxygens (including phenoxy) is 2. The Morgan fingerprint density at radius 2 is 0.705 bits per heavy atom. The fourth-order valence-corrected chi connectivity index (χ4v) is 7.41. The van der Waals surface area contributed by atoms with Crippen LogP contribution in [0.3, 0.4) is 0 Å². The molecule has 0 heterocycles. The van der Waals surface area contributed by atoms with Gasteiger partial charge in [-0.05, 0) is 119 Å². The van der Waals surface area contributed by atoms with Crippen LogP contribution in [0.25, 0.3) is 21.5 Å². The number of carbonyl (C=O) groups is 2. The molecule has 0 aliphatic carbocycles. The Hall–Kier alpha value is -7.34. The predicted molar refractivity (Wildman–Crippen MR) is 213 cm³/mol. The van der Waals surface area contributed by atoms with E-state index in [0.29, 0.717) is 45.8 Å². The fraction of sp³-hybridized carbons (Fsp3) is 0.0612. The first-order valence-electron chi connectivity index (χ1n) is 18.5. The van der Waals surface area contributed by atoms with Crippen LogP contribution < -0.4 is 9.47 Å². The second-order valence-corrected chi connectivity index (χ2v) is 14.0. The van der Waals surface area contributed by atoms with Gasteiger partial charge in [0.1, 0.15) is 34.6 Å². The van der Waals surface area contributed by atoms with E-state index in [0.717, 1.165) is 48.5 Å². The number of rotatable bonds is 10. The zero-order valence-electron chi connectivity index (χ0n) is 31.3. The average Bonchev–Trinajstić information content (AvgIpc) is 3.24. The van der Waals surface area contributed by atoms with Crippen molar-refractivity contribution in [3.8, 4) is 23.0 Å². The highest BCUT2D eigenvalue weighted by Crippen LogP contribution is 2.56. The van der Waals surface area contributed by atoms with E-state index in [1.165, 1.54) is 48.5 Å². The lowest BCUT2D eigenvalue weighted by Crippen LogP contribution is -2.54. The molecule has 0 spiro atoms. The van der Waals surface area contributed by atoms with Crippen LogP contribution in [0.5, 0.6) is 23.0 Å². The molecule has 0 atom stereocenters. The Bertz CT molecular complexity index is 2720. The zero-order chi connectivity index (χ0) is 43.1. The van der Waals surface area contributed by atoms with Gasteiger partial charge in [0.2, 0.25) is 5.41 Å².